The SMILES string of the molecule is Fc1ccc(C2C3CC4CC(C3)CC2C4)c(F)c1F. The monoisotopic (exact) mass is 266 g/mol. The van der Waals surface area contributed by atoms with Gasteiger partial charge in [0.2, 0.25) is 0 Å². The maximum absolute atomic E-state index is 14.0. The van der Waals surface area contributed by atoms with Crippen LogP contribution in [0.15, 0.2) is 12.1 Å². The van der Waals surface area contributed by atoms with Crippen molar-refractivity contribution in [3.8, 4) is 0 Å². The quantitative estimate of drug-likeness (QED) is 0.649. The van der Waals surface area contributed by atoms with Gasteiger partial charge in [0.25, 0.3) is 0 Å². The lowest BCUT2D eigenvalue weighted by molar-refractivity contribution is -0.00412. The summed E-state index contributed by atoms with van der Waals surface area (Å²) in [5.41, 5.74) is 0.424. The van der Waals surface area contributed by atoms with E-state index >= 15 is 0 Å². The molecular formula is C16H17F3. The van der Waals surface area contributed by atoms with Crippen molar-refractivity contribution in [3.05, 3.63) is 35.1 Å². The normalized spacial score (nSPS) is 39.8. The Morgan fingerprint density at radius 3 is 1.89 bits per heavy atom. The van der Waals surface area contributed by atoms with Crippen molar-refractivity contribution in [2.75, 3.05) is 0 Å². The van der Waals surface area contributed by atoms with Gasteiger partial charge >= 0.3 is 0 Å². The number of halogens is 3. The summed E-state index contributed by atoms with van der Waals surface area (Å²) in [6, 6.07) is 2.56. The highest BCUT2D eigenvalue weighted by Crippen LogP contribution is 2.60. The van der Waals surface area contributed by atoms with Gasteiger partial charge in [-0.2, -0.15) is 0 Å². The predicted molar refractivity (Wildman–Crippen MR) is 66.1 cm³/mol. The molecule has 0 heterocycles. The van der Waals surface area contributed by atoms with Crippen LogP contribution in [0.2, 0.25) is 0 Å². The number of hydrogen-bond acceptors (Lipinski definition) is 0. The van der Waals surface area contributed by atoms with Gasteiger partial charge in [-0.1, -0.05) is 6.07 Å². The molecule has 0 aliphatic heterocycles. The summed E-state index contributed by atoms with van der Waals surface area (Å²) in [6.45, 7) is 0. The van der Waals surface area contributed by atoms with Gasteiger partial charge in [-0.25, -0.2) is 13.2 Å². The molecule has 0 radical (unpaired) electrons. The summed E-state index contributed by atoms with van der Waals surface area (Å²) in [5.74, 6) is -0.651. The van der Waals surface area contributed by atoms with E-state index in [1.54, 1.807) is 0 Å². The fourth-order valence-electron chi connectivity index (χ4n) is 5.23. The molecule has 0 unspecified atom stereocenters. The van der Waals surface area contributed by atoms with E-state index in [0.29, 0.717) is 17.4 Å². The number of benzene rings is 1. The molecule has 0 aromatic heterocycles. The standard InChI is InChI=1S/C16H17F3/c17-13-2-1-12(15(18)16(13)19)14-10-4-8-3-9(6-10)7-11(14)5-8/h1-2,8-11,14H,3-7H2. The molecule has 0 atom stereocenters. The van der Waals surface area contributed by atoms with Crippen LogP contribution < -0.4 is 0 Å². The molecule has 5 rings (SSSR count). The molecular weight excluding hydrogens is 249 g/mol. The van der Waals surface area contributed by atoms with E-state index < -0.39 is 17.5 Å². The molecule has 19 heavy (non-hydrogen) atoms. The molecule has 0 amide bonds. The van der Waals surface area contributed by atoms with Crippen LogP contribution in [-0.4, -0.2) is 0 Å². The van der Waals surface area contributed by atoms with E-state index in [1.165, 1.54) is 12.5 Å². The highest BCUT2D eigenvalue weighted by atomic mass is 19.2. The summed E-state index contributed by atoms with van der Waals surface area (Å²) >= 11 is 0. The minimum absolute atomic E-state index is 0.114. The third-order valence-corrected chi connectivity index (χ3v) is 5.65. The third kappa shape index (κ3) is 1.66. The zero-order valence-electron chi connectivity index (χ0n) is 10.7. The summed E-state index contributed by atoms with van der Waals surface area (Å²) in [4.78, 5) is 0. The molecule has 4 aliphatic carbocycles. The first-order valence-electron chi connectivity index (χ1n) is 7.27. The van der Waals surface area contributed by atoms with Crippen molar-refractivity contribution in [1.82, 2.24) is 0 Å². The van der Waals surface area contributed by atoms with E-state index in [-0.39, 0.29) is 5.92 Å². The molecule has 0 N–H and O–H groups in total. The minimum Gasteiger partial charge on any atom is -0.204 e. The Labute approximate surface area is 111 Å². The van der Waals surface area contributed by atoms with Gasteiger partial charge in [0.1, 0.15) is 0 Å². The van der Waals surface area contributed by atoms with Crippen LogP contribution in [0, 0.1) is 41.1 Å². The van der Waals surface area contributed by atoms with Gasteiger partial charge in [0.05, 0.1) is 0 Å². The molecule has 4 aliphatic rings. The first-order valence-corrected chi connectivity index (χ1v) is 7.27. The first kappa shape index (κ1) is 11.8. The smallest absolute Gasteiger partial charge is 0.194 e. The molecule has 0 spiro atoms. The van der Waals surface area contributed by atoms with Crippen LogP contribution in [0.1, 0.15) is 43.6 Å². The lowest BCUT2D eigenvalue weighted by atomic mass is 9.50. The van der Waals surface area contributed by atoms with Crippen LogP contribution in [0.5, 0.6) is 0 Å². The second-order valence-corrected chi connectivity index (χ2v) is 6.72. The van der Waals surface area contributed by atoms with Crippen molar-refractivity contribution in [2.24, 2.45) is 23.7 Å². The maximum Gasteiger partial charge on any atom is 0.194 e. The molecule has 1 aromatic carbocycles. The zero-order chi connectivity index (χ0) is 13.1. The van der Waals surface area contributed by atoms with E-state index in [9.17, 15) is 13.2 Å². The van der Waals surface area contributed by atoms with Crippen LogP contribution in [0.25, 0.3) is 0 Å². The lowest BCUT2D eigenvalue weighted by Gasteiger charge is -2.54. The van der Waals surface area contributed by atoms with Gasteiger partial charge < -0.3 is 0 Å². The van der Waals surface area contributed by atoms with E-state index in [4.69, 9.17) is 0 Å². The van der Waals surface area contributed by atoms with Crippen LogP contribution in [-0.2, 0) is 0 Å². The Morgan fingerprint density at radius 2 is 1.32 bits per heavy atom. The molecule has 3 heteroatoms. The summed E-state index contributed by atoms with van der Waals surface area (Å²) in [5, 5.41) is 0. The largest absolute Gasteiger partial charge is 0.204 e. The van der Waals surface area contributed by atoms with Gasteiger partial charge in [-0.05, 0) is 73.3 Å². The average Bonchev–Trinajstić information content (AvgIpc) is 2.37. The second-order valence-electron chi connectivity index (χ2n) is 6.72. The van der Waals surface area contributed by atoms with Gasteiger partial charge in [-0.3, -0.25) is 0 Å². The summed E-state index contributed by atoms with van der Waals surface area (Å²) in [6.07, 6.45) is 5.93. The number of hydrogen-bond donors (Lipinski definition) is 0. The van der Waals surface area contributed by atoms with Crippen molar-refractivity contribution < 1.29 is 13.2 Å². The van der Waals surface area contributed by atoms with Crippen molar-refractivity contribution >= 4 is 0 Å². The molecule has 1 aromatic rings. The Hall–Kier alpha value is -0.990. The van der Waals surface area contributed by atoms with Crippen molar-refractivity contribution in [2.45, 2.75) is 38.0 Å². The molecule has 0 nitrogen and oxygen atoms in total. The minimum atomic E-state index is -1.30. The van der Waals surface area contributed by atoms with Crippen LogP contribution >= 0.6 is 0 Å². The molecule has 4 bridgehead atoms. The number of rotatable bonds is 1. The van der Waals surface area contributed by atoms with Gasteiger partial charge in [0.15, 0.2) is 17.5 Å². The highest BCUT2D eigenvalue weighted by Gasteiger charge is 2.49. The Kier molecular flexibility index (Phi) is 2.49. The summed E-state index contributed by atoms with van der Waals surface area (Å²) in [7, 11) is 0. The van der Waals surface area contributed by atoms with Gasteiger partial charge in [0, 0.05) is 0 Å². The van der Waals surface area contributed by atoms with E-state index in [0.717, 1.165) is 43.6 Å². The second kappa shape index (κ2) is 4.00. The highest BCUT2D eigenvalue weighted by molar-refractivity contribution is 5.27. The molecule has 0 saturated heterocycles. The maximum atomic E-state index is 14.0. The fraction of sp³-hybridized carbons (Fsp3) is 0.625. The molecule has 102 valence electrons. The van der Waals surface area contributed by atoms with E-state index in [2.05, 4.69) is 0 Å². The van der Waals surface area contributed by atoms with Crippen molar-refractivity contribution in [1.29, 1.82) is 0 Å². The average molecular weight is 266 g/mol. The zero-order valence-corrected chi connectivity index (χ0v) is 10.7. The Morgan fingerprint density at radius 1 is 0.737 bits per heavy atom. The topological polar surface area (TPSA) is 0 Å². The third-order valence-electron chi connectivity index (χ3n) is 5.65. The van der Waals surface area contributed by atoms with Crippen LogP contribution in [0.3, 0.4) is 0 Å². The summed E-state index contributed by atoms with van der Waals surface area (Å²) < 4.78 is 40.6. The molecule has 4 fully saturated rings. The fourth-order valence-corrected chi connectivity index (χ4v) is 5.23. The van der Waals surface area contributed by atoms with Crippen molar-refractivity contribution in [3.63, 3.8) is 0 Å². The van der Waals surface area contributed by atoms with Gasteiger partial charge in [-0.15, -0.1) is 0 Å². The molecule has 4 saturated carbocycles. The van der Waals surface area contributed by atoms with E-state index in [1.807, 2.05) is 0 Å². The Bertz CT molecular complexity index is 495. The van der Waals surface area contributed by atoms with Crippen LogP contribution in [0.4, 0.5) is 13.2 Å². The lowest BCUT2D eigenvalue weighted by Crippen LogP contribution is -2.44. The first-order chi connectivity index (χ1) is 9.13. The predicted octanol–water partition coefficient (Wildman–Crippen LogP) is 4.64. The Balaban J connectivity index is 1.75.